The maximum atomic E-state index is 15.1. The van der Waals surface area contributed by atoms with Crippen LogP contribution in [0.3, 0.4) is 0 Å². The lowest BCUT2D eigenvalue weighted by molar-refractivity contribution is 0.0748. The molecule has 156 valence electrons. The number of fused-ring (bicyclic) bond motifs is 3. The molecule has 2 aromatic rings. The highest BCUT2D eigenvalue weighted by atomic mass is 35.5. The van der Waals surface area contributed by atoms with E-state index in [1.165, 1.54) is 6.20 Å². The highest BCUT2D eigenvalue weighted by Gasteiger charge is 2.32. The second-order valence-electron chi connectivity index (χ2n) is 7.34. The number of hydrogen-bond acceptors (Lipinski definition) is 5. The number of carbonyl (C=O) groups is 1. The summed E-state index contributed by atoms with van der Waals surface area (Å²) in [6, 6.07) is 5.21. The van der Waals surface area contributed by atoms with Gasteiger partial charge < -0.3 is 18.3 Å². The van der Waals surface area contributed by atoms with Crippen LogP contribution in [0.2, 0.25) is 0 Å². The van der Waals surface area contributed by atoms with Crippen molar-refractivity contribution in [1.29, 1.82) is 0 Å². The molecule has 0 fully saturated rings. The summed E-state index contributed by atoms with van der Waals surface area (Å²) in [7, 11) is 1.64. The maximum Gasteiger partial charge on any atom is 0.361 e. The van der Waals surface area contributed by atoms with E-state index in [-0.39, 0.29) is 17.7 Å². The summed E-state index contributed by atoms with van der Waals surface area (Å²) in [5, 5.41) is 0. The Kier molecular flexibility index (Phi) is 6.59. The predicted molar refractivity (Wildman–Crippen MR) is 107 cm³/mol. The third kappa shape index (κ3) is 4.16. The van der Waals surface area contributed by atoms with Crippen molar-refractivity contribution in [3.05, 3.63) is 51.6 Å². The molecule has 0 unspecified atom stereocenters. The Morgan fingerprint density at radius 1 is 1.34 bits per heavy atom. The van der Waals surface area contributed by atoms with E-state index in [1.807, 2.05) is 19.9 Å². The van der Waals surface area contributed by atoms with Crippen molar-refractivity contribution in [2.75, 3.05) is 20.3 Å². The fraction of sp³-hybridized carbons (Fsp3) is 0.429. The standard InChI is InChI=1S/C21H23ClFNO5/c1-12(2)17-10-13-9-14(28-8-4-7-27-3)5-6-15(13)19-18(23)20(25)16(11-24(17)19)21(26)29-22/h5-6,9,11-12,17H,4,7-8,10H2,1-3H3/t17-/m0/s1. The number of aromatic nitrogens is 1. The summed E-state index contributed by atoms with van der Waals surface area (Å²) in [5.74, 6) is -1.26. The molecule has 3 rings (SSSR count). The molecule has 6 nitrogen and oxygen atoms in total. The number of pyridine rings is 1. The number of halogens is 2. The van der Waals surface area contributed by atoms with E-state index in [1.54, 1.807) is 23.8 Å². The van der Waals surface area contributed by atoms with Gasteiger partial charge in [-0.2, -0.15) is 0 Å². The van der Waals surface area contributed by atoms with Gasteiger partial charge in [0.2, 0.25) is 5.43 Å². The molecule has 1 aliphatic rings. The lowest BCUT2D eigenvalue weighted by Gasteiger charge is -2.33. The normalized spacial score (nSPS) is 15.0. The molecule has 0 radical (unpaired) electrons. The Morgan fingerprint density at radius 2 is 2.10 bits per heavy atom. The van der Waals surface area contributed by atoms with Crippen LogP contribution in [0.4, 0.5) is 4.39 Å². The molecule has 1 aliphatic heterocycles. The first-order valence-corrected chi connectivity index (χ1v) is 9.72. The minimum atomic E-state index is -1.07. The van der Waals surface area contributed by atoms with Gasteiger partial charge in [0.15, 0.2) is 5.82 Å². The molecule has 0 aliphatic carbocycles. The average molecular weight is 424 g/mol. The minimum Gasteiger partial charge on any atom is -0.493 e. The van der Waals surface area contributed by atoms with E-state index in [0.29, 0.717) is 30.9 Å². The van der Waals surface area contributed by atoms with Gasteiger partial charge >= 0.3 is 5.97 Å². The third-order valence-electron chi connectivity index (χ3n) is 5.12. The number of benzene rings is 1. The van der Waals surface area contributed by atoms with Crippen LogP contribution >= 0.6 is 11.9 Å². The summed E-state index contributed by atoms with van der Waals surface area (Å²) in [6.07, 6.45) is 2.70. The zero-order valence-corrected chi connectivity index (χ0v) is 17.3. The van der Waals surface area contributed by atoms with E-state index in [0.717, 1.165) is 12.0 Å². The summed E-state index contributed by atoms with van der Waals surface area (Å²) in [5.41, 5.74) is 0.197. The molecule has 0 saturated carbocycles. The fourth-order valence-electron chi connectivity index (χ4n) is 3.64. The first kappa shape index (κ1) is 21.3. The van der Waals surface area contributed by atoms with Gasteiger partial charge in [0, 0.05) is 37.9 Å². The first-order valence-electron chi connectivity index (χ1n) is 9.41. The zero-order valence-electron chi connectivity index (χ0n) is 16.5. The van der Waals surface area contributed by atoms with Crippen LogP contribution < -0.4 is 10.2 Å². The topological polar surface area (TPSA) is 66.8 Å². The van der Waals surface area contributed by atoms with Crippen molar-refractivity contribution in [1.82, 2.24) is 4.57 Å². The van der Waals surface area contributed by atoms with E-state index in [4.69, 9.17) is 21.3 Å². The number of carbonyl (C=O) groups excluding carboxylic acids is 1. The van der Waals surface area contributed by atoms with E-state index < -0.39 is 22.8 Å². The van der Waals surface area contributed by atoms with Gasteiger partial charge in [-0.05, 0) is 36.1 Å². The highest BCUT2D eigenvalue weighted by Crippen LogP contribution is 2.40. The van der Waals surface area contributed by atoms with Crippen molar-refractivity contribution in [2.24, 2.45) is 5.92 Å². The van der Waals surface area contributed by atoms with Crippen molar-refractivity contribution in [2.45, 2.75) is 32.7 Å². The van der Waals surface area contributed by atoms with Gasteiger partial charge in [-0.15, -0.1) is 0 Å². The van der Waals surface area contributed by atoms with Gasteiger partial charge in [0.1, 0.15) is 23.2 Å². The lowest BCUT2D eigenvalue weighted by atomic mass is 9.87. The smallest absolute Gasteiger partial charge is 0.361 e. The van der Waals surface area contributed by atoms with E-state index >= 15 is 4.39 Å². The molecule has 1 aromatic heterocycles. The molecule has 0 bridgehead atoms. The highest BCUT2D eigenvalue weighted by molar-refractivity contribution is 6.15. The SMILES string of the molecule is COCCCOc1ccc2c(c1)C[C@@H](C(C)C)n1cc(C(=O)OCl)c(=O)c(F)c1-2. The van der Waals surface area contributed by atoms with Crippen LogP contribution in [0, 0.1) is 11.7 Å². The number of nitrogens with zero attached hydrogens (tertiary/aromatic N) is 1. The Balaban J connectivity index is 2.08. The number of methoxy groups -OCH3 is 1. The largest absolute Gasteiger partial charge is 0.493 e. The molecule has 0 spiro atoms. The molecule has 29 heavy (non-hydrogen) atoms. The second kappa shape index (κ2) is 8.97. The zero-order chi connectivity index (χ0) is 21.1. The third-order valence-corrected chi connectivity index (χ3v) is 5.26. The molecule has 8 heteroatoms. The van der Waals surface area contributed by atoms with Crippen molar-refractivity contribution < 1.29 is 22.9 Å². The molecule has 1 atom stereocenters. The van der Waals surface area contributed by atoms with Gasteiger partial charge in [0.05, 0.1) is 12.3 Å². The van der Waals surface area contributed by atoms with Crippen molar-refractivity contribution >= 4 is 17.8 Å². The predicted octanol–water partition coefficient (Wildman–Crippen LogP) is 4.13. The van der Waals surface area contributed by atoms with Crippen LogP contribution in [0.25, 0.3) is 11.3 Å². The molecule has 1 aromatic carbocycles. The summed E-state index contributed by atoms with van der Waals surface area (Å²) >= 11 is 5.11. The molecule has 2 heterocycles. The van der Waals surface area contributed by atoms with Crippen LogP contribution in [-0.4, -0.2) is 30.9 Å². The molecule has 0 N–H and O–H groups in total. The average Bonchev–Trinajstić information content (AvgIpc) is 2.71. The van der Waals surface area contributed by atoms with Crippen LogP contribution in [0.1, 0.15) is 42.2 Å². The molecular weight excluding hydrogens is 401 g/mol. The molecular formula is C21H23ClFNO5. The monoisotopic (exact) mass is 423 g/mol. The fourth-order valence-corrected chi connectivity index (χ4v) is 3.72. The van der Waals surface area contributed by atoms with E-state index in [2.05, 4.69) is 4.29 Å². The number of ether oxygens (including phenoxy) is 2. The van der Waals surface area contributed by atoms with Crippen LogP contribution in [-0.2, 0) is 15.4 Å². The van der Waals surface area contributed by atoms with Gasteiger partial charge in [-0.1, -0.05) is 13.8 Å². The number of rotatable bonds is 7. The van der Waals surface area contributed by atoms with Gasteiger partial charge in [0.25, 0.3) is 0 Å². The van der Waals surface area contributed by atoms with Gasteiger partial charge in [-0.25, -0.2) is 9.18 Å². The lowest BCUT2D eigenvalue weighted by Crippen LogP contribution is -2.30. The maximum absolute atomic E-state index is 15.1. The van der Waals surface area contributed by atoms with Crippen molar-refractivity contribution in [3.8, 4) is 17.0 Å². The minimum absolute atomic E-state index is 0.120. The molecule has 0 saturated heterocycles. The Morgan fingerprint density at radius 3 is 2.76 bits per heavy atom. The van der Waals surface area contributed by atoms with E-state index in [9.17, 15) is 9.59 Å². The molecule has 0 amide bonds. The second-order valence-corrected chi connectivity index (χ2v) is 7.49. The number of hydrogen-bond donors (Lipinski definition) is 0. The Bertz CT molecular complexity index is 972. The first-order chi connectivity index (χ1) is 13.9. The summed E-state index contributed by atoms with van der Waals surface area (Å²) in [6.45, 7) is 5.11. The Hall–Kier alpha value is -2.38. The quantitative estimate of drug-likeness (QED) is 0.626. The van der Waals surface area contributed by atoms with Crippen molar-refractivity contribution in [3.63, 3.8) is 0 Å². The summed E-state index contributed by atoms with van der Waals surface area (Å²) in [4.78, 5) is 24.2. The van der Waals surface area contributed by atoms with Crippen LogP contribution in [0.15, 0.2) is 29.2 Å². The van der Waals surface area contributed by atoms with Gasteiger partial charge in [-0.3, -0.25) is 4.79 Å². The van der Waals surface area contributed by atoms with Crippen LogP contribution in [0.5, 0.6) is 5.75 Å². The Labute approximate surface area is 173 Å². The summed E-state index contributed by atoms with van der Waals surface area (Å²) < 4.78 is 31.7.